The molecule has 3 rings (SSSR count). The summed E-state index contributed by atoms with van der Waals surface area (Å²) >= 11 is 17.1. The number of hydrogen-bond donors (Lipinski definition) is 1. The molecule has 0 aliphatic carbocycles. The van der Waals surface area contributed by atoms with Crippen molar-refractivity contribution < 1.29 is 13.9 Å². The molecule has 3 aromatic rings. The Hall–Kier alpha value is -2.35. The Morgan fingerprint density at radius 2 is 2.04 bits per heavy atom. The molecule has 2 aromatic carbocycles. The van der Waals surface area contributed by atoms with Crippen molar-refractivity contribution in [2.75, 3.05) is 5.32 Å². The van der Waals surface area contributed by atoms with E-state index in [2.05, 4.69) is 10.4 Å². The van der Waals surface area contributed by atoms with Crippen LogP contribution in [0.4, 0.5) is 5.69 Å². The summed E-state index contributed by atoms with van der Waals surface area (Å²) in [6.07, 6.45) is 0. The van der Waals surface area contributed by atoms with E-state index in [1.807, 2.05) is 32.0 Å². The predicted molar refractivity (Wildman–Crippen MR) is 111 cm³/mol. The zero-order valence-corrected chi connectivity index (χ0v) is 17.5. The topological polar surface area (TPSA) is 69.3 Å². The molecule has 0 unspecified atom stereocenters. The number of amides is 1. The van der Waals surface area contributed by atoms with Crippen LogP contribution in [-0.2, 0) is 17.9 Å². The average Bonchev–Trinajstić information content (AvgIpc) is 2.97. The smallest absolute Gasteiger partial charge is 0.287 e. The van der Waals surface area contributed by atoms with Gasteiger partial charge in [-0.15, -0.1) is 5.10 Å². The van der Waals surface area contributed by atoms with E-state index >= 15 is 0 Å². The first kappa shape index (κ1) is 20.4. The number of nitrogens with zero attached hydrogens (tertiary/aromatic N) is 2. The molecular formula is C19H17Cl2N3O3S. The van der Waals surface area contributed by atoms with Gasteiger partial charge in [-0.05, 0) is 61.5 Å². The molecule has 0 saturated carbocycles. The van der Waals surface area contributed by atoms with Crippen molar-refractivity contribution in [2.24, 2.45) is 0 Å². The highest BCUT2D eigenvalue weighted by molar-refractivity contribution is 7.71. The number of rotatable bonds is 6. The molecule has 0 radical (unpaired) electrons. The Morgan fingerprint density at radius 1 is 1.25 bits per heavy atom. The molecule has 6 nitrogen and oxygen atoms in total. The fourth-order valence-electron chi connectivity index (χ4n) is 2.44. The van der Waals surface area contributed by atoms with Crippen molar-refractivity contribution in [3.63, 3.8) is 0 Å². The standard InChI is InChI=1S/C19H17Cl2N3O3S/c1-11-3-4-12(2)15(7-11)22-17(25)9-24-19(28)27-18(23-24)10-26-16-6-5-13(20)8-14(16)21/h3-8H,9-10H2,1-2H3,(H,22,25). The van der Waals surface area contributed by atoms with Crippen molar-refractivity contribution in [3.05, 3.63) is 68.3 Å². The maximum atomic E-state index is 12.3. The van der Waals surface area contributed by atoms with Gasteiger partial charge < -0.3 is 14.5 Å². The van der Waals surface area contributed by atoms with Crippen LogP contribution in [-0.4, -0.2) is 15.7 Å². The summed E-state index contributed by atoms with van der Waals surface area (Å²) < 4.78 is 12.3. The molecule has 0 atom stereocenters. The zero-order chi connectivity index (χ0) is 20.3. The highest BCUT2D eigenvalue weighted by atomic mass is 35.5. The number of aryl methyl sites for hydroxylation is 2. The number of hydrogen-bond acceptors (Lipinski definition) is 5. The SMILES string of the molecule is Cc1ccc(C)c(NC(=O)Cn2nc(COc3ccc(Cl)cc3Cl)oc2=S)c1. The molecule has 1 amide bonds. The lowest BCUT2D eigenvalue weighted by molar-refractivity contribution is -0.117. The number of benzene rings is 2. The van der Waals surface area contributed by atoms with Crippen molar-refractivity contribution in [1.82, 2.24) is 9.78 Å². The lowest BCUT2D eigenvalue weighted by Gasteiger charge is -2.09. The van der Waals surface area contributed by atoms with Crippen LogP contribution in [0.25, 0.3) is 0 Å². The molecule has 0 aliphatic rings. The number of ether oxygens (including phenoxy) is 1. The Bertz CT molecular complexity index is 1080. The van der Waals surface area contributed by atoms with Crippen molar-refractivity contribution in [3.8, 4) is 5.75 Å². The molecule has 1 aromatic heterocycles. The van der Waals surface area contributed by atoms with E-state index < -0.39 is 0 Å². The van der Waals surface area contributed by atoms with Gasteiger partial charge >= 0.3 is 0 Å². The molecule has 0 spiro atoms. The number of anilines is 1. The number of nitrogens with one attached hydrogen (secondary N) is 1. The van der Waals surface area contributed by atoms with Gasteiger partial charge in [-0.3, -0.25) is 4.79 Å². The van der Waals surface area contributed by atoms with Gasteiger partial charge in [-0.25, -0.2) is 4.68 Å². The fraction of sp³-hybridized carbons (Fsp3) is 0.211. The minimum atomic E-state index is -0.258. The van der Waals surface area contributed by atoms with Crippen molar-refractivity contribution in [1.29, 1.82) is 0 Å². The van der Waals surface area contributed by atoms with Crippen LogP contribution in [0.3, 0.4) is 0 Å². The van der Waals surface area contributed by atoms with Crippen molar-refractivity contribution in [2.45, 2.75) is 27.0 Å². The monoisotopic (exact) mass is 437 g/mol. The third-order valence-corrected chi connectivity index (χ3v) is 4.68. The Morgan fingerprint density at radius 3 is 2.79 bits per heavy atom. The quantitative estimate of drug-likeness (QED) is 0.526. The van der Waals surface area contributed by atoms with Gasteiger partial charge in [0, 0.05) is 10.7 Å². The summed E-state index contributed by atoms with van der Waals surface area (Å²) in [6, 6.07) is 10.7. The van der Waals surface area contributed by atoms with Crippen LogP contribution in [0, 0.1) is 18.7 Å². The van der Waals surface area contributed by atoms with E-state index in [-0.39, 0.29) is 29.8 Å². The van der Waals surface area contributed by atoms with E-state index in [0.29, 0.717) is 15.8 Å². The van der Waals surface area contributed by atoms with Gasteiger partial charge in [0.05, 0.1) is 5.02 Å². The predicted octanol–water partition coefficient (Wildman–Crippen LogP) is 5.35. The molecule has 0 aliphatic heterocycles. The molecule has 0 saturated heterocycles. The fourth-order valence-corrected chi connectivity index (χ4v) is 3.10. The largest absolute Gasteiger partial charge is 0.482 e. The van der Waals surface area contributed by atoms with Crippen LogP contribution >= 0.6 is 35.4 Å². The van der Waals surface area contributed by atoms with Gasteiger partial charge in [-0.1, -0.05) is 35.3 Å². The van der Waals surface area contributed by atoms with Crippen molar-refractivity contribution >= 4 is 47.0 Å². The molecule has 1 heterocycles. The molecule has 28 heavy (non-hydrogen) atoms. The molecule has 9 heteroatoms. The van der Waals surface area contributed by atoms with Crippen LogP contribution in [0.15, 0.2) is 40.8 Å². The Kier molecular flexibility index (Phi) is 6.39. The van der Waals surface area contributed by atoms with Gasteiger partial charge in [0.15, 0.2) is 6.61 Å². The minimum absolute atomic E-state index is 0.0105. The first-order chi connectivity index (χ1) is 13.3. The van der Waals surface area contributed by atoms with Crippen LogP contribution < -0.4 is 10.1 Å². The third kappa shape index (κ3) is 5.13. The second-order valence-electron chi connectivity index (χ2n) is 6.15. The number of halogens is 2. The highest BCUT2D eigenvalue weighted by Crippen LogP contribution is 2.28. The molecule has 0 bridgehead atoms. The maximum Gasteiger partial charge on any atom is 0.287 e. The summed E-state index contributed by atoms with van der Waals surface area (Å²) in [5.41, 5.74) is 2.77. The van der Waals surface area contributed by atoms with Crippen LogP contribution in [0.1, 0.15) is 17.0 Å². The van der Waals surface area contributed by atoms with Gasteiger partial charge in [-0.2, -0.15) is 0 Å². The van der Waals surface area contributed by atoms with E-state index in [4.69, 9.17) is 44.6 Å². The summed E-state index contributed by atoms with van der Waals surface area (Å²) in [7, 11) is 0. The van der Waals surface area contributed by atoms with Gasteiger partial charge in [0.1, 0.15) is 12.3 Å². The third-order valence-electron chi connectivity index (χ3n) is 3.85. The Balaban J connectivity index is 1.64. The van der Waals surface area contributed by atoms with Gasteiger partial charge in [0.2, 0.25) is 5.91 Å². The molecular weight excluding hydrogens is 421 g/mol. The van der Waals surface area contributed by atoms with E-state index in [1.54, 1.807) is 18.2 Å². The number of carbonyl (C=O) groups excluding carboxylic acids is 1. The Labute approximate surface area is 177 Å². The highest BCUT2D eigenvalue weighted by Gasteiger charge is 2.12. The summed E-state index contributed by atoms with van der Waals surface area (Å²) in [4.78, 5) is 12.4. The summed E-state index contributed by atoms with van der Waals surface area (Å²) in [5, 5.41) is 7.92. The van der Waals surface area contributed by atoms with Gasteiger partial charge in [0.25, 0.3) is 10.7 Å². The average molecular weight is 438 g/mol. The van der Waals surface area contributed by atoms with Crippen LogP contribution in [0.2, 0.25) is 10.0 Å². The first-order valence-corrected chi connectivity index (χ1v) is 9.50. The van der Waals surface area contributed by atoms with E-state index in [0.717, 1.165) is 16.8 Å². The molecule has 146 valence electrons. The van der Waals surface area contributed by atoms with E-state index in [1.165, 1.54) is 4.68 Å². The first-order valence-electron chi connectivity index (χ1n) is 8.33. The normalized spacial score (nSPS) is 10.7. The molecule has 0 fully saturated rings. The van der Waals surface area contributed by atoms with Crippen LogP contribution in [0.5, 0.6) is 5.75 Å². The summed E-state index contributed by atoms with van der Waals surface area (Å²) in [6.45, 7) is 3.82. The minimum Gasteiger partial charge on any atom is -0.482 e. The maximum absolute atomic E-state index is 12.3. The summed E-state index contributed by atoms with van der Waals surface area (Å²) in [5.74, 6) is 0.413. The lowest BCUT2D eigenvalue weighted by atomic mass is 10.1. The second-order valence-corrected chi connectivity index (χ2v) is 7.34. The zero-order valence-electron chi connectivity index (χ0n) is 15.2. The number of aromatic nitrogens is 2. The molecule has 1 N–H and O–H groups in total. The lowest BCUT2D eigenvalue weighted by Crippen LogP contribution is -2.20. The number of carbonyl (C=O) groups is 1. The second kappa shape index (κ2) is 8.77. The van der Waals surface area contributed by atoms with E-state index in [9.17, 15) is 4.79 Å².